The summed E-state index contributed by atoms with van der Waals surface area (Å²) in [7, 11) is 3.63. The molecule has 1 saturated carbocycles. The van der Waals surface area contributed by atoms with E-state index >= 15 is 0 Å². The third-order valence-corrected chi connectivity index (χ3v) is 3.68. The van der Waals surface area contributed by atoms with E-state index < -0.39 is 0 Å². The molecule has 4 heteroatoms. The van der Waals surface area contributed by atoms with Gasteiger partial charge in [-0.1, -0.05) is 0 Å². The van der Waals surface area contributed by atoms with Crippen LogP contribution in [0.2, 0.25) is 0 Å². The van der Waals surface area contributed by atoms with Crippen molar-refractivity contribution in [2.75, 3.05) is 27.2 Å². The predicted molar refractivity (Wildman–Crippen MR) is 62.2 cm³/mol. The van der Waals surface area contributed by atoms with Crippen LogP contribution in [0.15, 0.2) is 0 Å². The van der Waals surface area contributed by atoms with E-state index in [4.69, 9.17) is 4.74 Å². The zero-order chi connectivity index (χ0) is 11.5. The summed E-state index contributed by atoms with van der Waals surface area (Å²) in [5, 5.41) is 3.49. The molecule has 2 aliphatic rings. The number of piperidine rings is 1. The highest BCUT2D eigenvalue weighted by molar-refractivity contribution is 5.76. The van der Waals surface area contributed by atoms with E-state index in [0.29, 0.717) is 12.0 Å². The van der Waals surface area contributed by atoms with Gasteiger partial charge in [0, 0.05) is 6.04 Å². The molecule has 92 valence electrons. The van der Waals surface area contributed by atoms with Gasteiger partial charge in [0.1, 0.15) is 6.04 Å². The van der Waals surface area contributed by atoms with Crippen LogP contribution in [-0.4, -0.2) is 50.2 Å². The Morgan fingerprint density at radius 2 is 1.94 bits per heavy atom. The average molecular weight is 226 g/mol. The van der Waals surface area contributed by atoms with Gasteiger partial charge in [-0.2, -0.15) is 0 Å². The Labute approximate surface area is 97.3 Å². The smallest absolute Gasteiger partial charge is 0.323 e. The molecule has 16 heavy (non-hydrogen) atoms. The Balaban J connectivity index is 1.83. The molecule has 1 saturated heterocycles. The highest BCUT2D eigenvalue weighted by atomic mass is 16.5. The predicted octanol–water partition coefficient (Wildman–Crippen LogP) is 0.622. The fourth-order valence-electron chi connectivity index (χ4n) is 2.38. The van der Waals surface area contributed by atoms with Crippen molar-refractivity contribution in [3.05, 3.63) is 0 Å². The van der Waals surface area contributed by atoms with Gasteiger partial charge in [-0.25, -0.2) is 0 Å². The van der Waals surface area contributed by atoms with Gasteiger partial charge < -0.3 is 15.0 Å². The number of ether oxygens (including phenoxy) is 1. The van der Waals surface area contributed by atoms with Crippen molar-refractivity contribution in [1.82, 2.24) is 10.2 Å². The van der Waals surface area contributed by atoms with Gasteiger partial charge in [0.15, 0.2) is 0 Å². The summed E-state index contributed by atoms with van der Waals surface area (Å²) in [6, 6.07) is 0.430. The number of esters is 1. The first-order valence-electron chi connectivity index (χ1n) is 6.23. The molecule has 1 atom stereocenters. The van der Waals surface area contributed by atoms with Gasteiger partial charge in [0.05, 0.1) is 7.11 Å². The molecule has 0 spiro atoms. The number of methoxy groups -OCH3 is 1. The SMILES string of the molecule is COC(=O)C(NC1CCN(C)CC1)C1CC1. The summed E-state index contributed by atoms with van der Waals surface area (Å²) in [6.45, 7) is 2.24. The summed E-state index contributed by atoms with van der Waals surface area (Å²) >= 11 is 0. The van der Waals surface area contributed by atoms with Crippen LogP contribution < -0.4 is 5.32 Å². The minimum Gasteiger partial charge on any atom is -0.468 e. The topological polar surface area (TPSA) is 41.6 Å². The van der Waals surface area contributed by atoms with Crippen LogP contribution in [0.5, 0.6) is 0 Å². The summed E-state index contributed by atoms with van der Waals surface area (Å²) in [5.74, 6) is 0.438. The number of carbonyl (C=O) groups is 1. The van der Waals surface area contributed by atoms with Crippen LogP contribution in [0, 0.1) is 5.92 Å². The summed E-state index contributed by atoms with van der Waals surface area (Å²) < 4.78 is 4.86. The largest absolute Gasteiger partial charge is 0.468 e. The summed E-state index contributed by atoms with van der Waals surface area (Å²) in [6.07, 6.45) is 4.60. The molecule has 0 aromatic carbocycles. The molecule has 1 heterocycles. The number of rotatable bonds is 4. The quantitative estimate of drug-likeness (QED) is 0.714. The second kappa shape index (κ2) is 5.15. The van der Waals surface area contributed by atoms with Crippen LogP contribution in [0.3, 0.4) is 0 Å². The van der Waals surface area contributed by atoms with E-state index in [1.165, 1.54) is 20.0 Å². The molecular formula is C12H22N2O2. The lowest BCUT2D eigenvalue weighted by atomic mass is 10.0. The minimum absolute atomic E-state index is 0.0570. The number of nitrogens with zero attached hydrogens (tertiary/aromatic N) is 1. The van der Waals surface area contributed by atoms with Crippen molar-refractivity contribution in [2.45, 2.75) is 37.8 Å². The highest BCUT2D eigenvalue weighted by Crippen LogP contribution is 2.33. The average Bonchev–Trinajstić information content (AvgIpc) is 3.11. The first-order valence-corrected chi connectivity index (χ1v) is 6.23. The van der Waals surface area contributed by atoms with Gasteiger partial charge in [0.25, 0.3) is 0 Å². The molecule has 2 rings (SSSR count). The van der Waals surface area contributed by atoms with Crippen molar-refractivity contribution in [3.8, 4) is 0 Å². The van der Waals surface area contributed by atoms with Crippen LogP contribution in [0.1, 0.15) is 25.7 Å². The van der Waals surface area contributed by atoms with Crippen molar-refractivity contribution in [2.24, 2.45) is 5.92 Å². The molecule has 0 aromatic rings. The van der Waals surface area contributed by atoms with Gasteiger partial charge >= 0.3 is 5.97 Å². The Morgan fingerprint density at radius 1 is 1.31 bits per heavy atom. The number of nitrogens with one attached hydrogen (secondary N) is 1. The van der Waals surface area contributed by atoms with Gasteiger partial charge in [0.2, 0.25) is 0 Å². The summed E-state index contributed by atoms with van der Waals surface area (Å²) in [5.41, 5.74) is 0. The molecule has 1 N–H and O–H groups in total. The Bertz CT molecular complexity index is 245. The third kappa shape index (κ3) is 2.95. The molecule has 0 amide bonds. The van der Waals surface area contributed by atoms with Gasteiger partial charge in [-0.05, 0) is 51.7 Å². The van der Waals surface area contributed by atoms with E-state index in [2.05, 4.69) is 17.3 Å². The second-order valence-corrected chi connectivity index (χ2v) is 5.08. The Morgan fingerprint density at radius 3 is 2.44 bits per heavy atom. The van der Waals surface area contributed by atoms with Gasteiger partial charge in [-0.3, -0.25) is 4.79 Å². The van der Waals surface area contributed by atoms with Gasteiger partial charge in [-0.15, -0.1) is 0 Å². The fraction of sp³-hybridized carbons (Fsp3) is 0.917. The zero-order valence-electron chi connectivity index (χ0n) is 10.2. The normalized spacial score (nSPS) is 25.4. The maximum atomic E-state index is 11.6. The molecular weight excluding hydrogens is 204 g/mol. The molecule has 0 bridgehead atoms. The van der Waals surface area contributed by atoms with E-state index in [0.717, 1.165) is 25.9 Å². The number of likely N-dealkylation sites (tertiary alicyclic amines) is 1. The van der Waals surface area contributed by atoms with Crippen LogP contribution in [0.25, 0.3) is 0 Å². The van der Waals surface area contributed by atoms with E-state index in [-0.39, 0.29) is 12.0 Å². The number of hydrogen-bond acceptors (Lipinski definition) is 4. The van der Waals surface area contributed by atoms with Crippen molar-refractivity contribution in [3.63, 3.8) is 0 Å². The number of hydrogen-bond donors (Lipinski definition) is 1. The minimum atomic E-state index is -0.0820. The second-order valence-electron chi connectivity index (χ2n) is 5.08. The van der Waals surface area contributed by atoms with Crippen molar-refractivity contribution < 1.29 is 9.53 Å². The van der Waals surface area contributed by atoms with Crippen LogP contribution in [0.4, 0.5) is 0 Å². The summed E-state index contributed by atoms with van der Waals surface area (Å²) in [4.78, 5) is 14.0. The monoisotopic (exact) mass is 226 g/mol. The van der Waals surface area contributed by atoms with Crippen LogP contribution in [-0.2, 0) is 9.53 Å². The fourth-order valence-corrected chi connectivity index (χ4v) is 2.38. The standard InChI is InChI=1S/C12H22N2O2/c1-14-7-5-10(6-8-14)13-11(9-3-4-9)12(15)16-2/h9-11,13H,3-8H2,1-2H3. The lowest BCUT2D eigenvalue weighted by molar-refractivity contribution is -0.144. The first kappa shape index (κ1) is 11.9. The van der Waals surface area contributed by atoms with E-state index in [1.54, 1.807) is 0 Å². The van der Waals surface area contributed by atoms with E-state index in [9.17, 15) is 4.79 Å². The Kier molecular flexibility index (Phi) is 3.82. The molecule has 1 unspecified atom stereocenters. The van der Waals surface area contributed by atoms with Crippen molar-refractivity contribution in [1.29, 1.82) is 0 Å². The molecule has 4 nitrogen and oxygen atoms in total. The molecule has 0 radical (unpaired) electrons. The maximum Gasteiger partial charge on any atom is 0.323 e. The van der Waals surface area contributed by atoms with Crippen molar-refractivity contribution >= 4 is 5.97 Å². The lowest BCUT2D eigenvalue weighted by Crippen LogP contribution is -2.49. The molecule has 2 fully saturated rings. The maximum absolute atomic E-state index is 11.6. The zero-order valence-corrected chi connectivity index (χ0v) is 10.2. The van der Waals surface area contributed by atoms with E-state index in [1.807, 2.05) is 0 Å². The Hall–Kier alpha value is -0.610. The lowest BCUT2D eigenvalue weighted by Gasteiger charge is -2.31. The van der Waals surface area contributed by atoms with Crippen LogP contribution >= 0.6 is 0 Å². The molecule has 1 aliphatic carbocycles. The first-order chi connectivity index (χ1) is 7.70. The molecule has 1 aliphatic heterocycles. The highest BCUT2D eigenvalue weighted by Gasteiger charge is 2.38. The number of carbonyl (C=O) groups excluding carboxylic acids is 1. The third-order valence-electron chi connectivity index (χ3n) is 3.68. The molecule has 0 aromatic heterocycles.